The van der Waals surface area contributed by atoms with Crippen molar-refractivity contribution in [2.24, 2.45) is 0 Å². The van der Waals surface area contributed by atoms with Gasteiger partial charge in [0.2, 0.25) is 10.0 Å². The van der Waals surface area contributed by atoms with Crippen molar-refractivity contribution in [2.75, 3.05) is 15.7 Å². The molecule has 0 unspecified atom stereocenters. The predicted molar refractivity (Wildman–Crippen MR) is 86.9 cm³/mol. The van der Waals surface area contributed by atoms with Gasteiger partial charge in [0.15, 0.2) is 0 Å². The highest BCUT2D eigenvalue weighted by atomic mass is 32.2. The van der Waals surface area contributed by atoms with Gasteiger partial charge in [-0.15, -0.1) is 0 Å². The molecule has 0 heterocycles. The molecule has 0 atom stereocenters. The fourth-order valence-electron chi connectivity index (χ4n) is 1.91. The highest BCUT2D eigenvalue weighted by Crippen LogP contribution is 2.24. The predicted octanol–water partition coefficient (Wildman–Crippen LogP) is 2.31. The molecule has 124 valence electrons. The maximum absolute atomic E-state index is 13.6. The molecule has 6 nitrogen and oxygen atoms in total. The van der Waals surface area contributed by atoms with Crippen molar-refractivity contribution >= 4 is 31.4 Å². The van der Waals surface area contributed by atoms with Crippen LogP contribution in [0.15, 0.2) is 47.4 Å². The Bertz CT molecular complexity index is 941. The summed E-state index contributed by atoms with van der Waals surface area (Å²) < 4.78 is 65.4. The Kier molecular flexibility index (Phi) is 4.62. The van der Waals surface area contributed by atoms with Crippen LogP contribution in [-0.2, 0) is 20.0 Å². The minimum absolute atomic E-state index is 0.104. The van der Waals surface area contributed by atoms with Crippen molar-refractivity contribution in [3.63, 3.8) is 0 Å². The van der Waals surface area contributed by atoms with Crippen LogP contribution in [0.5, 0.6) is 0 Å². The van der Waals surface area contributed by atoms with E-state index in [1.165, 1.54) is 36.4 Å². The summed E-state index contributed by atoms with van der Waals surface area (Å²) in [6.07, 6.45) is 0.957. The number of nitrogens with one attached hydrogen (secondary N) is 2. The van der Waals surface area contributed by atoms with Crippen molar-refractivity contribution in [1.29, 1.82) is 0 Å². The Morgan fingerprint density at radius 1 is 0.957 bits per heavy atom. The van der Waals surface area contributed by atoms with Crippen LogP contribution >= 0.6 is 0 Å². The van der Waals surface area contributed by atoms with Crippen molar-refractivity contribution in [3.05, 3.63) is 53.8 Å². The molecule has 2 aromatic rings. The standard InChI is InChI=1S/C14H15FN2O4S2/c1-10-7-8-11(16-22(2,18)19)9-14(10)23(20,21)17-13-6-4-3-5-12(13)15/h3-9,16-17H,1-2H3. The van der Waals surface area contributed by atoms with E-state index in [4.69, 9.17) is 0 Å². The number of anilines is 2. The minimum atomic E-state index is -4.07. The topological polar surface area (TPSA) is 92.3 Å². The second-order valence-corrected chi connectivity index (χ2v) is 8.34. The average Bonchev–Trinajstić information content (AvgIpc) is 2.42. The summed E-state index contributed by atoms with van der Waals surface area (Å²) in [5.74, 6) is -0.709. The van der Waals surface area contributed by atoms with Gasteiger partial charge in [0.05, 0.1) is 16.8 Å². The van der Waals surface area contributed by atoms with Crippen LogP contribution in [0.25, 0.3) is 0 Å². The first-order chi connectivity index (χ1) is 10.6. The highest BCUT2D eigenvalue weighted by molar-refractivity contribution is 7.93. The molecular formula is C14H15FN2O4S2. The quantitative estimate of drug-likeness (QED) is 0.858. The zero-order valence-corrected chi connectivity index (χ0v) is 14.0. The average molecular weight is 358 g/mol. The molecule has 0 aliphatic carbocycles. The van der Waals surface area contributed by atoms with Gasteiger partial charge in [-0.1, -0.05) is 18.2 Å². The number of benzene rings is 2. The van der Waals surface area contributed by atoms with Crippen LogP contribution in [0.2, 0.25) is 0 Å². The lowest BCUT2D eigenvalue weighted by atomic mass is 10.2. The Balaban J connectivity index is 2.43. The molecule has 0 aromatic heterocycles. The lowest BCUT2D eigenvalue weighted by Crippen LogP contribution is -2.16. The largest absolute Gasteiger partial charge is 0.284 e. The fourth-order valence-corrected chi connectivity index (χ4v) is 3.81. The van der Waals surface area contributed by atoms with Gasteiger partial charge in [0, 0.05) is 5.69 Å². The number of hydrogen-bond acceptors (Lipinski definition) is 4. The third-order valence-corrected chi connectivity index (χ3v) is 5.01. The number of halogens is 1. The molecule has 0 spiro atoms. The summed E-state index contributed by atoms with van der Waals surface area (Å²) in [6.45, 7) is 1.56. The van der Waals surface area contributed by atoms with E-state index >= 15 is 0 Å². The van der Waals surface area contributed by atoms with Gasteiger partial charge in [-0.2, -0.15) is 0 Å². The second-order valence-electron chi connectivity index (χ2n) is 4.94. The van der Waals surface area contributed by atoms with E-state index in [0.717, 1.165) is 12.3 Å². The van der Waals surface area contributed by atoms with Gasteiger partial charge in [0.25, 0.3) is 10.0 Å². The SMILES string of the molecule is Cc1ccc(NS(C)(=O)=O)cc1S(=O)(=O)Nc1ccccc1F. The van der Waals surface area contributed by atoms with Gasteiger partial charge in [-0.3, -0.25) is 9.44 Å². The van der Waals surface area contributed by atoms with E-state index in [2.05, 4.69) is 9.44 Å². The summed E-state index contributed by atoms with van der Waals surface area (Å²) in [5, 5.41) is 0. The summed E-state index contributed by atoms with van der Waals surface area (Å²) in [5.41, 5.74) is 0.313. The van der Waals surface area contributed by atoms with Crippen molar-refractivity contribution < 1.29 is 21.2 Å². The van der Waals surface area contributed by atoms with Gasteiger partial charge in [0.1, 0.15) is 5.82 Å². The van der Waals surface area contributed by atoms with E-state index < -0.39 is 25.9 Å². The molecule has 23 heavy (non-hydrogen) atoms. The molecule has 2 aromatic carbocycles. The number of hydrogen-bond donors (Lipinski definition) is 2. The first-order valence-corrected chi connectivity index (χ1v) is 9.82. The molecule has 0 amide bonds. The minimum Gasteiger partial charge on any atom is -0.284 e. The summed E-state index contributed by atoms with van der Waals surface area (Å²) in [6, 6.07) is 9.44. The van der Waals surface area contributed by atoms with Crippen LogP contribution in [0, 0.1) is 12.7 Å². The monoisotopic (exact) mass is 358 g/mol. The van der Waals surface area contributed by atoms with Gasteiger partial charge < -0.3 is 0 Å². The molecule has 0 aliphatic rings. The number of sulfonamides is 2. The number of rotatable bonds is 5. The van der Waals surface area contributed by atoms with Gasteiger partial charge in [-0.05, 0) is 36.8 Å². The van der Waals surface area contributed by atoms with Crippen LogP contribution in [0.4, 0.5) is 15.8 Å². The fraction of sp³-hybridized carbons (Fsp3) is 0.143. The maximum Gasteiger partial charge on any atom is 0.262 e. The van der Waals surface area contributed by atoms with E-state index in [9.17, 15) is 21.2 Å². The molecule has 0 aliphatic heterocycles. The van der Waals surface area contributed by atoms with E-state index in [1.807, 2.05) is 0 Å². The molecule has 0 radical (unpaired) electrons. The first-order valence-electron chi connectivity index (χ1n) is 6.44. The van der Waals surface area contributed by atoms with Crippen LogP contribution < -0.4 is 9.44 Å². The molecule has 0 bridgehead atoms. The lowest BCUT2D eigenvalue weighted by molar-refractivity contribution is 0.597. The lowest BCUT2D eigenvalue weighted by Gasteiger charge is -2.13. The van der Waals surface area contributed by atoms with E-state index in [0.29, 0.717) is 5.56 Å². The second kappa shape index (κ2) is 6.17. The molecule has 2 N–H and O–H groups in total. The first kappa shape index (κ1) is 17.2. The molecule has 0 saturated heterocycles. The normalized spacial score (nSPS) is 12.0. The van der Waals surface area contributed by atoms with Crippen molar-refractivity contribution in [2.45, 2.75) is 11.8 Å². The number of para-hydroxylation sites is 1. The van der Waals surface area contributed by atoms with Crippen LogP contribution in [0.3, 0.4) is 0 Å². The Hall–Kier alpha value is -2.13. The third kappa shape index (κ3) is 4.42. The maximum atomic E-state index is 13.6. The van der Waals surface area contributed by atoms with Gasteiger partial charge >= 0.3 is 0 Å². The zero-order valence-electron chi connectivity index (χ0n) is 12.4. The van der Waals surface area contributed by atoms with Crippen molar-refractivity contribution in [1.82, 2.24) is 0 Å². The Morgan fingerprint density at radius 3 is 2.22 bits per heavy atom. The number of aryl methyl sites for hydroxylation is 1. The summed E-state index contributed by atoms with van der Waals surface area (Å²) >= 11 is 0. The highest BCUT2D eigenvalue weighted by Gasteiger charge is 2.19. The smallest absolute Gasteiger partial charge is 0.262 e. The summed E-state index contributed by atoms with van der Waals surface area (Å²) in [4.78, 5) is -0.144. The Morgan fingerprint density at radius 2 is 1.61 bits per heavy atom. The van der Waals surface area contributed by atoms with Crippen molar-refractivity contribution in [3.8, 4) is 0 Å². The molecule has 0 saturated carbocycles. The van der Waals surface area contributed by atoms with Crippen LogP contribution in [0.1, 0.15) is 5.56 Å². The molecular weight excluding hydrogens is 343 g/mol. The summed E-state index contributed by atoms with van der Waals surface area (Å²) in [7, 11) is -7.61. The van der Waals surface area contributed by atoms with E-state index in [-0.39, 0.29) is 16.3 Å². The molecule has 2 rings (SSSR count). The molecule has 9 heteroatoms. The van der Waals surface area contributed by atoms with E-state index in [1.54, 1.807) is 6.92 Å². The molecule has 0 fully saturated rings. The zero-order chi connectivity index (χ0) is 17.3. The van der Waals surface area contributed by atoms with Gasteiger partial charge in [-0.25, -0.2) is 21.2 Å². The van der Waals surface area contributed by atoms with Crippen LogP contribution in [-0.4, -0.2) is 23.1 Å². The third-order valence-electron chi connectivity index (χ3n) is 2.90. The Labute approximate surface area is 134 Å².